The third-order valence-electron chi connectivity index (χ3n) is 6.92. The van der Waals surface area contributed by atoms with Crippen LogP contribution in [0.3, 0.4) is 0 Å². The molecule has 0 amide bonds. The molecule has 2 heterocycles. The minimum Gasteiger partial charge on any atom is -0.454 e. The summed E-state index contributed by atoms with van der Waals surface area (Å²) in [5.74, 6) is 1.32. The van der Waals surface area contributed by atoms with Crippen LogP contribution >= 0.6 is 0 Å². The quantitative estimate of drug-likeness (QED) is 0.253. The van der Waals surface area contributed by atoms with Gasteiger partial charge in [0.2, 0.25) is 0 Å². The van der Waals surface area contributed by atoms with Crippen molar-refractivity contribution in [2.75, 3.05) is 0 Å². The second-order valence-corrected chi connectivity index (χ2v) is 9.05. The highest BCUT2D eigenvalue weighted by molar-refractivity contribution is 5.97. The summed E-state index contributed by atoms with van der Waals surface area (Å²) in [6.45, 7) is 15.9. The summed E-state index contributed by atoms with van der Waals surface area (Å²) in [6, 6.07) is 21.1. The maximum atomic E-state index is 7.35. The zero-order valence-electron chi connectivity index (χ0n) is 20.1. The number of aromatic nitrogens is 1. The van der Waals surface area contributed by atoms with Gasteiger partial charge in [-0.25, -0.2) is 4.85 Å². The second-order valence-electron chi connectivity index (χ2n) is 9.05. The molecule has 0 radical (unpaired) electrons. The van der Waals surface area contributed by atoms with Gasteiger partial charge in [-0.3, -0.25) is 4.98 Å². The standard InChI is InChI=1S/C31H28N2O/c1-6-21(7-2)27-17-24(16-22-10-8-9-11-26(22)27)30-31-23(12-13-33-30)18-28(34-31)29-19(3)14-25(32-5)15-20(29)4/h8-18,21H,6-7H2,1-4H3. The van der Waals surface area contributed by atoms with E-state index in [4.69, 9.17) is 16.0 Å². The molecule has 34 heavy (non-hydrogen) atoms. The fourth-order valence-electron chi connectivity index (χ4n) is 5.23. The molecule has 0 aliphatic heterocycles. The summed E-state index contributed by atoms with van der Waals surface area (Å²) in [4.78, 5) is 8.38. The summed E-state index contributed by atoms with van der Waals surface area (Å²) < 4.78 is 6.50. The number of benzene rings is 3. The lowest BCUT2D eigenvalue weighted by Gasteiger charge is -2.17. The zero-order chi connectivity index (χ0) is 23.8. The van der Waals surface area contributed by atoms with E-state index in [1.54, 1.807) is 0 Å². The topological polar surface area (TPSA) is 30.4 Å². The molecule has 0 N–H and O–H groups in total. The highest BCUT2D eigenvalue weighted by Crippen LogP contribution is 2.40. The van der Waals surface area contributed by atoms with E-state index in [0.29, 0.717) is 11.6 Å². The molecule has 0 aliphatic rings. The van der Waals surface area contributed by atoms with Crippen molar-refractivity contribution in [3.05, 3.63) is 95.0 Å². The van der Waals surface area contributed by atoms with E-state index in [2.05, 4.69) is 61.2 Å². The molecule has 0 saturated carbocycles. The van der Waals surface area contributed by atoms with E-state index in [1.165, 1.54) is 16.3 Å². The molecule has 168 valence electrons. The van der Waals surface area contributed by atoms with Crippen molar-refractivity contribution in [2.45, 2.75) is 46.5 Å². The van der Waals surface area contributed by atoms with Crippen molar-refractivity contribution in [2.24, 2.45) is 0 Å². The first kappa shape index (κ1) is 21.9. The van der Waals surface area contributed by atoms with Gasteiger partial charge < -0.3 is 4.42 Å². The van der Waals surface area contributed by atoms with Crippen LogP contribution in [-0.4, -0.2) is 4.98 Å². The molecule has 0 atom stereocenters. The van der Waals surface area contributed by atoms with Crippen molar-refractivity contribution in [3.63, 3.8) is 0 Å². The molecular formula is C31H28N2O. The van der Waals surface area contributed by atoms with Crippen LogP contribution in [0.25, 0.3) is 49.2 Å². The number of aryl methyl sites for hydroxylation is 2. The molecular weight excluding hydrogens is 416 g/mol. The Morgan fingerprint density at radius 1 is 0.912 bits per heavy atom. The summed E-state index contributed by atoms with van der Waals surface area (Å²) in [5.41, 5.74) is 7.93. The van der Waals surface area contributed by atoms with Gasteiger partial charge in [0.25, 0.3) is 0 Å². The lowest BCUT2D eigenvalue weighted by atomic mass is 9.87. The fraction of sp³-hybridized carbons (Fsp3) is 0.226. The van der Waals surface area contributed by atoms with Gasteiger partial charge in [0.1, 0.15) is 11.5 Å². The van der Waals surface area contributed by atoms with Gasteiger partial charge in [-0.1, -0.05) is 61.4 Å². The first-order chi connectivity index (χ1) is 16.5. The Balaban J connectivity index is 1.73. The predicted octanol–water partition coefficient (Wildman–Crippen LogP) is 9.39. The van der Waals surface area contributed by atoms with E-state index < -0.39 is 0 Å². The number of fused-ring (bicyclic) bond motifs is 2. The van der Waals surface area contributed by atoms with Crippen LogP contribution in [0.4, 0.5) is 5.69 Å². The van der Waals surface area contributed by atoms with Crippen molar-refractivity contribution >= 4 is 27.4 Å². The van der Waals surface area contributed by atoms with E-state index in [0.717, 1.165) is 57.5 Å². The predicted molar refractivity (Wildman–Crippen MR) is 141 cm³/mol. The largest absolute Gasteiger partial charge is 0.454 e. The minimum atomic E-state index is 0.502. The second kappa shape index (κ2) is 8.80. The molecule has 2 aromatic heterocycles. The first-order valence-corrected chi connectivity index (χ1v) is 11.9. The highest BCUT2D eigenvalue weighted by atomic mass is 16.3. The number of pyridine rings is 1. The molecule has 3 nitrogen and oxygen atoms in total. The van der Waals surface area contributed by atoms with Crippen molar-refractivity contribution in [1.29, 1.82) is 0 Å². The Hall–Kier alpha value is -3.90. The fourth-order valence-corrected chi connectivity index (χ4v) is 5.23. The van der Waals surface area contributed by atoms with Gasteiger partial charge in [-0.15, -0.1) is 0 Å². The van der Waals surface area contributed by atoms with Crippen molar-refractivity contribution in [3.8, 4) is 22.6 Å². The Bertz CT molecular complexity index is 1540. The van der Waals surface area contributed by atoms with Gasteiger partial charge in [-0.05, 0) is 73.2 Å². The van der Waals surface area contributed by atoms with E-state index >= 15 is 0 Å². The number of hydrogen-bond donors (Lipinski definition) is 0. The normalized spacial score (nSPS) is 11.4. The van der Waals surface area contributed by atoms with Crippen LogP contribution < -0.4 is 0 Å². The third kappa shape index (κ3) is 3.66. The molecule has 3 aromatic carbocycles. The summed E-state index contributed by atoms with van der Waals surface area (Å²) in [5, 5.41) is 3.58. The molecule has 5 rings (SSSR count). The monoisotopic (exact) mass is 444 g/mol. The van der Waals surface area contributed by atoms with E-state index in [9.17, 15) is 0 Å². The zero-order valence-corrected chi connectivity index (χ0v) is 20.1. The van der Waals surface area contributed by atoms with Gasteiger partial charge in [0, 0.05) is 22.7 Å². The smallest absolute Gasteiger partial charge is 0.187 e. The summed E-state index contributed by atoms with van der Waals surface area (Å²) in [6.07, 6.45) is 4.07. The van der Waals surface area contributed by atoms with Crippen molar-refractivity contribution < 1.29 is 4.42 Å². The maximum absolute atomic E-state index is 7.35. The van der Waals surface area contributed by atoms with Crippen molar-refractivity contribution in [1.82, 2.24) is 4.98 Å². The number of nitrogens with zero attached hydrogens (tertiary/aromatic N) is 2. The molecule has 0 aliphatic carbocycles. The van der Waals surface area contributed by atoms with Crippen LogP contribution in [0, 0.1) is 20.4 Å². The lowest BCUT2D eigenvalue weighted by molar-refractivity contribution is 0.630. The SMILES string of the molecule is [C-]#[N+]c1cc(C)c(-c2cc3ccnc(-c4cc(C(CC)CC)c5ccccc5c4)c3o2)c(C)c1. The Labute approximate surface area is 200 Å². The molecule has 0 fully saturated rings. The lowest BCUT2D eigenvalue weighted by Crippen LogP contribution is -1.98. The number of furan rings is 1. The van der Waals surface area contributed by atoms with Gasteiger partial charge in [-0.2, -0.15) is 0 Å². The van der Waals surface area contributed by atoms with Crippen LogP contribution in [0.2, 0.25) is 0 Å². The average Bonchev–Trinajstić information content (AvgIpc) is 3.27. The van der Waals surface area contributed by atoms with Gasteiger partial charge in [0.05, 0.1) is 6.57 Å². The molecule has 0 unspecified atom stereocenters. The molecule has 0 spiro atoms. The Kier molecular flexibility index (Phi) is 5.67. The average molecular weight is 445 g/mol. The Morgan fingerprint density at radius 3 is 2.35 bits per heavy atom. The van der Waals surface area contributed by atoms with Crippen LogP contribution in [0.1, 0.15) is 49.3 Å². The number of hydrogen-bond acceptors (Lipinski definition) is 2. The van der Waals surface area contributed by atoms with Gasteiger partial charge in [0.15, 0.2) is 11.3 Å². The van der Waals surface area contributed by atoms with E-state index in [-0.39, 0.29) is 0 Å². The molecule has 0 bridgehead atoms. The van der Waals surface area contributed by atoms with Crippen LogP contribution in [0.5, 0.6) is 0 Å². The molecule has 3 heteroatoms. The summed E-state index contributed by atoms with van der Waals surface area (Å²) >= 11 is 0. The highest BCUT2D eigenvalue weighted by Gasteiger charge is 2.18. The maximum Gasteiger partial charge on any atom is 0.187 e. The molecule has 0 saturated heterocycles. The Morgan fingerprint density at radius 2 is 1.65 bits per heavy atom. The summed E-state index contributed by atoms with van der Waals surface area (Å²) in [7, 11) is 0. The van der Waals surface area contributed by atoms with E-state index in [1.807, 2.05) is 38.2 Å². The van der Waals surface area contributed by atoms with Crippen LogP contribution in [0.15, 0.2) is 71.3 Å². The molecule has 5 aromatic rings. The van der Waals surface area contributed by atoms with Gasteiger partial charge >= 0.3 is 0 Å². The van der Waals surface area contributed by atoms with Crippen LogP contribution in [-0.2, 0) is 0 Å². The first-order valence-electron chi connectivity index (χ1n) is 11.9. The third-order valence-corrected chi connectivity index (χ3v) is 6.92. The number of rotatable bonds is 5. The minimum absolute atomic E-state index is 0.502.